The minimum Gasteiger partial charge on any atom is -0.493 e. The molecule has 0 saturated heterocycles. The summed E-state index contributed by atoms with van der Waals surface area (Å²) in [5, 5.41) is 6.36. The second-order valence-electron chi connectivity index (χ2n) is 6.90. The van der Waals surface area contributed by atoms with E-state index in [2.05, 4.69) is 15.5 Å². The van der Waals surface area contributed by atoms with Crippen molar-refractivity contribution >= 4 is 23.2 Å². The summed E-state index contributed by atoms with van der Waals surface area (Å²) in [5.74, 6) is 1.33. The molecule has 176 valence electrons. The second kappa shape index (κ2) is 10.6. The van der Waals surface area contributed by atoms with Crippen LogP contribution >= 0.6 is 11.6 Å². The first-order chi connectivity index (χ1) is 15.7. The highest BCUT2D eigenvalue weighted by molar-refractivity contribution is 6.33. The number of hydrogen-bond acceptors (Lipinski definition) is 6. The largest absolute Gasteiger partial charge is 0.493 e. The number of aryl methyl sites for hydroxylation is 1. The lowest BCUT2D eigenvalue weighted by Crippen LogP contribution is -2.13. The Kier molecular flexibility index (Phi) is 7.80. The lowest BCUT2D eigenvalue weighted by molar-refractivity contribution is -0.137. The van der Waals surface area contributed by atoms with Gasteiger partial charge in [0.2, 0.25) is 17.6 Å². The number of carbonyl (C=O) groups excluding carboxylic acids is 1. The van der Waals surface area contributed by atoms with Gasteiger partial charge in [-0.05, 0) is 49.7 Å². The molecule has 0 bridgehead atoms. The van der Waals surface area contributed by atoms with Crippen LogP contribution in [0.2, 0.25) is 5.02 Å². The van der Waals surface area contributed by atoms with Crippen LogP contribution in [0.15, 0.2) is 40.9 Å². The first-order valence-electron chi connectivity index (χ1n) is 10.0. The van der Waals surface area contributed by atoms with Crippen molar-refractivity contribution in [3.05, 3.63) is 52.9 Å². The molecule has 11 heteroatoms. The summed E-state index contributed by atoms with van der Waals surface area (Å²) in [6, 6.07) is 7.99. The number of nitrogens with one attached hydrogen (secondary N) is 1. The average molecular weight is 484 g/mol. The van der Waals surface area contributed by atoms with Crippen LogP contribution in [-0.4, -0.2) is 29.8 Å². The van der Waals surface area contributed by atoms with Crippen LogP contribution in [-0.2, 0) is 17.4 Å². The van der Waals surface area contributed by atoms with Gasteiger partial charge in [0.15, 0.2) is 11.5 Å². The van der Waals surface area contributed by atoms with Gasteiger partial charge in [-0.1, -0.05) is 16.8 Å². The highest BCUT2D eigenvalue weighted by atomic mass is 35.5. The van der Waals surface area contributed by atoms with Crippen molar-refractivity contribution in [2.45, 2.75) is 32.4 Å². The number of methoxy groups -OCH3 is 1. The quantitative estimate of drug-likeness (QED) is 0.415. The zero-order chi connectivity index (χ0) is 24.0. The summed E-state index contributed by atoms with van der Waals surface area (Å²) >= 11 is 5.90. The predicted molar refractivity (Wildman–Crippen MR) is 115 cm³/mol. The molecule has 0 radical (unpaired) electrons. The summed E-state index contributed by atoms with van der Waals surface area (Å²) in [7, 11) is 1.53. The van der Waals surface area contributed by atoms with Crippen LogP contribution in [0.3, 0.4) is 0 Å². The van der Waals surface area contributed by atoms with Crippen LogP contribution in [0.5, 0.6) is 11.5 Å². The third-order valence-corrected chi connectivity index (χ3v) is 4.88. The minimum atomic E-state index is -4.53. The number of alkyl halides is 3. The first kappa shape index (κ1) is 24.4. The number of anilines is 1. The molecule has 0 atom stereocenters. The number of aromatic nitrogens is 2. The highest BCUT2D eigenvalue weighted by Gasteiger charge is 2.31. The zero-order valence-corrected chi connectivity index (χ0v) is 18.6. The minimum absolute atomic E-state index is 0.0173. The van der Waals surface area contributed by atoms with E-state index in [1.54, 1.807) is 18.2 Å². The molecule has 3 rings (SSSR count). The molecule has 2 aromatic carbocycles. The summed E-state index contributed by atoms with van der Waals surface area (Å²) in [6.07, 6.45) is -3.85. The van der Waals surface area contributed by atoms with E-state index in [0.717, 1.165) is 18.2 Å². The normalized spacial score (nSPS) is 11.3. The molecule has 0 saturated carbocycles. The van der Waals surface area contributed by atoms with E-state index in [9.17, 15) is 18.0 Å². The van der Waals surface area contributed by atoms with E-state index in [0.29, 0.717) is 48.2 Å². The Morgan fingerprint density at radius 2 is 1.97 bits per heavy atom. The third kappa shape index (κ3) is 6.38. The van der Waals surface area contributed by atoms with Gasteiger partial charge >= 0.3 is 6.18 Å². The van der Waals surface area contributed by atoms with E-state index in [-0.39, 0.29) is 17.1 Å². The maximum atomic E-state index is 12.9. The maximum absolute atomic E-state index is 12.9. The fourth-order valence-electron chi connectivity index (χ4n) is 2.97. The summed E-state index contributed by atoms with van der Waals surface area (Å²) in [4.78, 5) is 16.5. The Hall–Kier alpha value is -3.27. The number of carbonyl (C=O) groups is 1. The molecule has 1 aromatic heterocycles. The summed E-state index contributed by atoms with van der Waals surface area (Å²) < 4.78 is 54.6. The molecule has 1 amide bonds. The lowest BCUT2D eigenvalue weighted by Gasteiger charge is -2.11. The fraction of sp³-hybridized carbons (Fsp3) is 0.318. The molecule has 33 heavy (non-hydrogen) atoms. The molecule has 1 heterocycles. The molecule has 3 aromatic rings. The van der Waals surface area contributed by atoms with E-state index < -0.39 is 17.6 Å². The topological polar surface area (TPSA) is 86.5 Å². The van der Waals surface area contributed by atoms with Crippen LogP contribution in [0.25, 0.3) is 11.4 Å². The molecule has 7 nitrogen and oxygen atoms in total. The van der Waals surface area contributed by atoms with Gasteiger partial charge in [-0.25, -0.2) is 0 Å². The third-order valence-electron chi connectivity index (χ3n) is 4.55. The van der Waals surface area contributed by atoms with E-state index in [4.69, 9.17) is 25.6 Å². The smallest absolute Gasteiger partial charge is 0.416 e. The van der Waals surface area contributed by atoms with E-state index in [1.165, 1.54) is 7.11 Å². The molecule has 0 fully saturated rings. The van der Waals surface area contributed by atoms with Crippen LogP contribution < -0.4 is 14.8 Å². The highest BCUT2D eigenvalue weighted by Crippen LogP contribution is 2.34. The van der Waals surface area contributed by atoms with Gasteiger partial charge in [0, 0.05) is 18.4 Å². The van der Waals surface area contributed by atoms with Gasteiger partial charge in [-0.2, -0.15) is 18.2 Å². The molecule has 0 unspecified atom stereocenters. The lowest BCUT2D eigenvalue weighted by atomic mass is 10.1. The van der Waals surface area contributed by atoms with Crippen molar-refractivity contribution in [1.82, 2.24) is 10.1 Å². The number of ether oxygens (including phenoxy) is 2. The molecule has 0 aliphatic carbocycles. The van der Waals surface area contributed by atoms with Crippen molar-refractivity contribution < 1.29 is 32.0 Å². The van der Waals surface area contributed by atoms with Crippen molar-refractivity contribution in [1.29, 1.82) is 0 Å². The average Bonchev–Trinajstić information content (AvgIpc) is 3.24. The SMILES string of the molecule is CCOc1ccc(-c2noc(CCCC(=O)Nc3cc(C(F)(F)F)ccc3Cl)n2)cc1OC. The zero-order valence-electron chi connectivity index (χ0n) is 17.8. The number of nitrogens with zero attached hydrogens (tertiary/aromatic N) is 2. The molecular weight excluding hydrogens is 463 g/mol. The molecule has 0 aliphatic heterocycles. The van der Waals surface area contributed by atoms with E-state index in [1.807, 2.05) is 6.92 Å². The van der Waals surface area contributed by atoms with Gasteiger partial charge in [-0.15, -0.1) is 0 Å². The first-order valence-corrected chi connectivity index (χ1v) is 10.4. The molecular formula is C22H21ClF3N3O4. The summed E-state index contributed by atoms with van der Waals surface area (Å²) in [5.41, 5.74) is -0.324. The monoisotopic (exact) mass is 483 g/mol. The predicted octanol–water partition coefficient (Wildman–Crippen LogP) is 5.78. The number of rotatable bonds is 9. The van der Waals surface area contributed by atoms with Gasteiger partial charge in [0.1, 0.15) is 0 Å². The van der Waals surface area contributed by atoms with Crippen LogP contribution in [0.4, 0.5) is 18.9 Å². The molecule has 0 spiro atoms. The maximum Gasteiger partial charge on any atom is 0.416 e. The van der Waals surface area contributed by atoms with Crippen molar-refractivity contribution in [2.75, 3.05) is 19.0 Å². The van der Waals surface area contributed by atoms with E-state index >= 15 is 0 Å². The Bertz CT molecular complexity index is 1120. The molecule has 0 aliphatic rings. The van der Waals surface area contributed by atoms with Crippen molar-refractivity contribution in [3.8, 4) is 22.9 Å². The van der Waals surface area contributed by atoms with Crippen molar-refractivity contribution in [3.63, 3.8) is 0 Å². The summed E-state index contributed by atoms with van der Waals surface area (Å²) in [6.45, 7) is 2.36. The number of hydrogen-bond donors (Lipinski definition) is 1. The number of benzene rings is 2. The van der Waals surface area contributed by atoms with Crippen LogP contribution in [0, 0.1) is 0 Å². The van der Waals surface area contributed by atoms with Gasteiger partial charge in [-0.3, -0.25) is 4.79 Å². The van der Waals surface area contributed by atoms with Gasteiger partial charge in [0.25, 0.3) is 0 Å². The Balaban J connectivity index is 1.57. The Morgan fingerprint density at radius 3 is 2.67 bits per heavy atom. The molecule has 1 N–H and O–H groups in total. The van der Waals surface area contributed by atoms with Gasteiger partial charge in [0.05, 0.1) is 30.0 Å². The Morgan fingerprint density at radius 1 is 1.18 bits per heavy atom. The van der Waals surface area contributed by atoms with Crippen molar-refractivity contribution in [2.24, 2.45) is 0 Å². The standard InChI is InChI=1S/C22H21ClF3N3O4/c1-3-32-17-10-7-13(11-18(17)31-2)21-28-20(33-29-21)6-4-5-19(30)27-16-12-14(22(24,25)26)8-9-15(16)23/h7-12H,3-6H2,1-2H3,(H,27,30). The Labute approximate surface area is 192 Å². The number of amides is 1. The fourth-order valence-corrected chi connectivity index (χ4v) is 3.13. The van der Waals surface area contributed by atoms with Gasteiger partial charge < -0.3 is 19.3 Å². The second-order valence-corrected chi connectivity index (χ2v) is 7.31. The number of halogens is 4. The van der Waals surface area contributed by atoms with Crippen LogP contribution in [0.1, 0.15) is 31.2 Å².